The minimum Gasteiger partial charge on any atom is -0.338 e. The zero-order valence-electron chi connectivity index (χ0n) is 14.6. The van der Waals surface area contributed by atoms with Crippen LogP contribution in [-0.4, -0.2) is 34.8 Å². The van der Waals surface area contributed by atoms with Gasteiger partial charge in [-0.15, -0.1) is 0 Å². The fourth-order valence-electron chi connectivity index (χ4n) is 3.12. The molecule has 1 fully saturated rings. The second-order valence-corrected chi connectivity index (χ2v) is 6.57. The molecular weight excluding hydrogens is 328 g/mol. The first-order chi connectivity index (χ1) is 12.6. The lowest BCUT2D eigenvalue weighted by atomic mass is 9.99. The van der Waals surface area contributed by atoms with Gasteiger partial charge in [0.1, 0.15) is 6.07 Å². The topological polar surface area (TPSA) is 86.1 Å². The van der Waals surface area contributed by atoms with Crippen molar-refractivity contribution in [3.63, 3.8) is 0 Å². The number of benzene rings is 1. The number of amides is 2. The van der Waals surface area contributed by atoms with Crippen LogP contribution in [0.1, 0.15) is 46.0 Å². The minimum absolute atomic E-state index is 0.101. The lowest BCUT2D eigenvalue weighted by Gasteiger charge is -2.30. The molecule has 2 heterocycles. The Morgan fingerprint density at radius 3 is 2.81 bits per heavy atom. The fraction of sp³-hybridized carbons (Fsp3) is 0.300. The van der Waals surface area contributed by atoms with Crippen molar-refractivity contribution >= 4 is 17.5 Å². The number of carbonyl (C=O) groups excluding carboxylic acids is 2. The van der Waals surface area contributed by atoms with Gasteiger partial charge in [-0.25, -0.2) is 0 Å². The van der Waals surface area contributed by atoms with Gasteiger partial charge >= 0.3 is 0 Å². The number of para-hydroxylation sites is 1. The number of pyridine rings is 1. The molecule has 1 aliphatic heterocycles. The van der Waals surface area contributed by atoms with E-state index in [4.69, 9.17) is 5.26 Å². The molecule has 26 heavy (non-hydrogen) atoms. The van der Waals surface area contributed by atoms with Crippen molar-refractivity contribution in [3.05, 3.63) is 59.4 Å². The zero-order chi connectivity index (χ0) is 18.5. The number of nitrogens with zero attached hydrogens (tertiary/aromatic N) is 3. The molecule has 1 aromatic carbocycles. The highest BCUT2D eigenvalue weighted by Gasteiger charge is 2.23. The Morgan fingerprint density at radius 1 is 1.27 bits per heavy atom. The number of hydrogen-bond donors (Lipinski definition) is 1. The molecule has 1 unspecified atom stereocenters. The number of carbonyl (C=O) groups is 2. The van der Waals surface area contributed by atoms with E-state index in [1.54, 1.807) is 30.3 Å². The first kappa shape index (κ1) is 17.6. The average molecular weight is 348 g/mol. The molecule has 2 aromatic rings. The fourth-order valence-corrected chi connectivity index (χ4v) is 3.12. The average Bonchev–Trinajstić information content (AvgIpc) is 2.68. The quantitative estimate of drug-likeness (QED) is 0.923. The van der Waals surface area contributed by atoms with Gasteiger partial charge in [-0.05, 0) is 37.0 Å². The minimum atomic E-state index is -0.401. The highest BCUT2D eigenvalue weighted by atomic mass is 16.2. The lowest BCUT2D eigenvalue weighted by Crippen LogP contribution is -2.39. The van der Waals surface area contributed by atoms with Crippen molar-refractivity contribution in [3.8, 4) is 6.07 Å². The number of anilines is 1. The van der Waals surface area contributed by atoms with Gasteiger partial charge in [-0.2, -0.15) is 5.26 Å². The van der Waals surface area contributed by atoms with Gasteiger partial charge < -0.3 is 10.2 Å². The summed E-state index contributed by atoms with van der Waals surface area (Å²) in [7, 11) is 0. The molecule has 1 saturated heterocycles. The number of aromatic nitrogens is 1. The van der Waals surface area contributed by atoms with E-state index in [0.717, 1.165) is 25.9 Å². The van der Waals surface area contributed by atoms with Gasteiger partial charge in [-0.3, -0.25) is 14.6 Å². The summed E-state index contributed by atoms with van der Waals surface area (Å²) in [5.74, 6) is -0.0207. The van der Waals surface area contributed by atoms with Crippen molar-refractivity contribution in [1.82, 2.24) is 9.88 Å². The number of nitrogens with one attached hydrogen (secondary N) is 1. The molecule has 3 rings (SSSR count). The van der Waals surface area contributed by atoms with Crippen LogP contribution in [0.2, 0.25) is 0 Å². The van der Waals surface area contributed by atoms with Crippen molar-refractivity contribution in [2.24, 2.45) is 5.92 Å². The van der Waals surface area contributed by atoms with E-state index >= 15 is 0 Å². The van der Waals surface area contributed by atoms with Gasteiger partial charge in [-0.1, -0.05) is 19.1 Å². The smallest absolute Gasteiger partial charge is 0.257 e. The molecule has 0 aliphatic carbocycles. The van der Waals surface area contributed by atoms with Crippen LogP contribution in [0.3, 0.4) is 0 Å². The molecule has 0 bridgehead atoms. The lowest BCUT2D eigenvalue weighted by molar-refractivity contribution is 0.0682. The SMILES string of the molecule is CC1CCCN(C(=O)c2cncc(C(=O)Nc3ccccc3C#N)c2)C1. The molecule has 0 radical (unpaired) electrons. The van der Waals surface area contributed by atoms with Crippen molar-refractivity contribution in [2.45, 2.75) is 19.8 Å². The second-order valence-electron chi connectivity index (χ2n) is 6.57. The Labute approximate surface area is 152 Å². The van der Waals surface area contributed by atoms with Crippen molar-refractivity contribution < 1.29 is 9.59 Å². The molecule has 6 heteroatoms. The van der Waals surface area contributed by atoms with Crippen LogP contribution >= 0.6 is 0 Å². The summed E-state index contributed by atoms with van der Waals surface area (Å²) in [6.45, 7) is 3.59. The Hall–Kier alpha value is -3.20. The first-order valence-electron chi connectivity index (χ1n) is 8.63. The van der Waals surface area contributed by atoms with E-state index in [-0.39, 0.29) is 11.5 Å². The molecular formula is C20H20N4O2. The molecule has 6 nitrogen and oxygen atoms in total. The molecule has 1 aromatic heterocycles. The second kappa shape index (κ2) is 7.79. The van der Waals surface area contributed by atoms with Crippen LogP contribution in [0, 0.1) is 17.2 Å². The van der Waals surface area contributed by atoms with Crippen LogP contribution in [0.15, 0.2) is 42.7 Å². The molecule has 2 amide bonds. The largest absolute Gasteiger partial charge is 0.338 e. The first-order valence-corrected chi connectivity index (χ1v) is 8.63. The summed E-state index contributed by atoms with van der Waals surface area (Å²) in [5, 5.41) is 11.8. The number of piperidine rings is 1. The molecule has 132 valence electrons. The van der Waals surface area contributed by atoms with Gasteiger partial charge in [0.25, 0.3) is 11.8 Å². The molecule has 1 aliphatic rings. The van der Waals surface area contributed by atoms with Gasteiger partial charge in [0.05, 0.1) is 22.4 Å². The number of rotatable bonds is 3. The van der Waals surface area contributed by atoms with Crippen LogP contribution in [0.25, 0.3) is 0 Å². The van der Waals surface area contributed by atoms with Gasteiger partial charge in [0, 0.05) is 25.5 Å². The summed E-state index contributed by atoms with van der Waals surface area (Å²) in [6.07, 6.45) is 5.02. The predicted octanol–water partition coefficient (Wildman–Crippen LogP) is 3.08. The standard InChI is InChI=1S/C20H20N4O2/c1-14-5-4-8-24(13-14)20(26)17-9-16(11-22-12-17)19(25)23-18-7-3-2-6-15(18)10-21/h2-3,6-7,9,11-12,14H,4-5,8,13H2,1H3,(H,23,25). The monoisotopic (exact) mass is 348 g/mol. The van der Waals surface area contributed by atoms with Crippen LogP contribution in [0.4, 0.5) is 5.69 Å². The van der Waals surface area contributed by atoms with Crippen LogP contribution in [-0.2, 0) is 0 Å². The van der Waals surface area contributed by atoms with E-state index in [1.807, 2.05) is 11.0 Å². The summed E-state index contributed by atoms with van der Waals surface area (Å²) in [5.41, 5.74) is 1.50. The van der Waals surface area contributed by atoms with Crippen LogP contribution in [0.5, 0.6) is 0 Å². The number of nitriles is 1. The highest BCUT2D eigenvalue weighted by molar-refractivity contribution is 6.06. The van der Waals surface area contributed by atoms with Gasteiger partial charge in [0.15, 0.2) is 0 Å². The zero-order valence-corrected chi connectivity index (χ0v) is 14.6. The van der Waals surface area contributed by atoms with E-state index in [2.05, 4.69) is 17.2 Å². The molecule has 0 saturated carbocycles. The summed E-state index contributed by atoms with van der Waals surface area (Å²) < 4.78 is 0. The van der Waals surface area contributed by atoms with E-state index in [1.165, 1.54) is 12.4 Å². The normalized spacial score (nSPS) is 16.6. The molecule has 1 atom stereocenters. The Bertz CT molecular complexity index is 872. The maximum atomic E-state index is 12.7. The van der Waals surface area contributed by atoms with Crippen molar-refractivity contribution in [2.75, 3.05) is 18.4 Å². The predicted molar refractivity (Wildman–Crippen MR) is 97.6 cm³/mol. The van der Waals surface area contributed by atoms with Crippen molar-refractivity contribution in [1.29, 1.82) is 5.26 Å². The Kier molecular flexibility index (Phi) is 5.28. The molecule has 1 N–H and O–H groups in total. The maximum Gasteiger partial charge on any atom is 0.257 e. The highest BCUT2D eigenvalue weighted by Crippen LogP contribution is 2.19. The third-order valence-corrected chi connectivity index (χ3v) is 4.49. The third kappa shape index (κ3) is 3.89. The van der Waals surface area contributed by atoms with E-state index in [0.29, 0.717) is 22.7 Å². The summed E-state index contributed by atoms with van der Waals surface area (Å²) in [6, 6.07) is 10.4. The third-order valence-electron chi connectivity index (χ3n) is 4.49. The maximum absolute atomic E-state index is 12.7. The molecule has 0 spiro atoms. The number of likely N-dealkylation sites (tertiary alicyclic amines) is 1. The Balaban J connectivity index is 1.77. The summed E-state index contributed by atoms with van der Waals surface area (Å²) in [4.78, 5) is 31.1. The summed E-state index contributed by atoms with van der Waals surface area (Å²) >= 11 is 0. The van der Waals surface area contributed by atoms with E-state index < -0.39 is 5.91 Å². The Morgan fingerprint density at radius 2 is 2.04 bits per heavy atom. The number of hydrogen-bond acceptors (Lipinski definition) is 4. The van der Waals surface area contributed by atoms with Gasteiger partial charge in [0.2, 0.25) is 0 Å². The van der Waals surface area contributed by atoms with E-state index in [9.17, 15) is 9.59 Å². The van der Waals surface area contributed by atoms with Crippen LogP contribution < -0.4 is 5.32 Å².